The van der Waals surface area contributed by atoms with Crippen molar-refractivity contribution < 1.29 is 4.74 Å². The summed E-state index contributed by atoms with van der Waals surface area (Å²) in [7, 11) is 1.53. The topological polar surface area (TPSA) is 71.9 Å². The second-order valence-corrected chi connectivity index (χ2v) is 2.24. The molecule has 0 aliphatic carbocycles. The van der Waals surface area contributed by atoms with Gasteiger partial charge in [-0.3, -0.25) is 0 Å². The van der Waals surface area contributed by atoms with Crippen molar-refractivity contribution >= 4 is 0 Å². The molecule has 1 atom stereocenters. The molecule has 0 radical (unpaired) electrons. The summed E-state index contributed by atoms with van der Waals surface area (Å²) in [6.45, 7) is 0. The number of nitrogens with two attached hydrogens (primary N) is 1. The van der Waals surface area contributed by atoms with E-state index in [9.17, 15) is 0 Å². The zero-order chi connectivity index (χ0) is 8.97. The highest BCUT2D eigenvalue weighted by Crippen LogP contribution is 2.11. The van der Waals surface area contributed by atoms with Gasteiger partial charge in [-0.15, -0.1) is 0 Å². The van der Waals surface area contributed by atoms with Crippen LogP contribution in [0.5, 0.6) is 5.88 Å². The maximum absolute atomic E-state index is 8.48. The molecule has 0 saturated heterocycles. The van der Waals surface area contributed by atoms with Gasteiger partial charge in [-0.25, -0.2) is 4.98 Å². The molecule has 4 heteroatoms. The number of ether oxygens (including phenoxy) is 1. The van der Waals surface area contributed by atoms with E-state index in [1.165, 1.54) is 13.3 Å². The lowest BCUT2D eigenvalue weighted by Gasteiger charge is -2.02. The summed E-state index contributed by atoms with van der Waals surface area (Å²) in [4.78, 5) is 3.91. The zero-order valence-electron chi connectivity index (χ0n) is 6.69. The first-order valence-corrected chi connectivity index (χ1v) is 3.43. The SMILES string of the molecule is COc1ccc(C(N)C#N)cn1. The van der Waals surface area contributed by atoms with Crippen LogP contribution in [0.1, 0.15) is 11.6 Å². The highest BCUT2D eigenvalue weighted by Gasteiger charge is 2.03. The monoisotopic (exact) mass is 163 g/mol. The predicted molar refractivity (Wildman–Crippen MR) is 43.3 cm³/mol. The molecule has 0 aliphatic rings. The van der Waals surface area contributed by atoms with E-state index in [2.05, 4.69) is 4.98 Å². The lowest BCUT2D eigenvalue weighted by molar-refractivity contribution is 0.397. The molecule has 1 aromatic heterocycles. The molecule has 0 bridgehead atoms. The molecule has 62 valence electrons. The van der Waals surface area contributed by atoms with Crippen LogP contribution < -0.4 is 10.5 Å². The third-order valence-electron chi connectivity index (χ3n) is 1.47. The zero-order valence-corrected chi connectivity index (χ0v) is 6.69. The lowest BCUT2D eigenvalue weighted by atomic mass is 10.1. The standard InChI is InChI=1S/C8H9N3O/c1-12-8-3-2-6(5-11-8)7(10)4-9/h2-3,5,7H,10H2,1H3. The van der Waals surface area contributed by atoms with Gasteiger partial charge in [-0.1, -0.05) is 0 Å². The van der Waals surface area contributed by atoms with Crippen molar-refractivity contribution in [2.24, 2.45) is 5.73 Å². The first kappa shape index (κ1) is 8.50. The van der Waals surface area contributed by atoms with E-state index >= 15 is 0 Å². The van der Waals surface area contributed by atoms with Gasteiger partial charge in [0.2, 0.25) is 5.88 Å². The van der Waals surface area contributed by atoms with Crippen molar-refractivity contribution in [1.82, 2.24) is 4.98 Å². The van der Waals surface area contributed by atoms with Gasteiger partial charge in [-0.2, -0.15) is 5.26 Å². The number of methoxy groups -OCH3 is 1. The van der Waals surface area contributed by atoms with Crippen molar-refractivity contribution in [3.05, 3.63) is 23.9 Å². The van der Waals surface area contributed by atoms with E-state index in [0.29, 0.717) is 11.4 Å². The molecule has 0 amide bonds. The van der Waals surface area contributed by atoms with Crippen LogP contribution in [0, 0.1) is 11.3 Å². The number of aromatic nitrogens is 1. The fourth-order valence-electron chi connectivity index (χ4n) is 0.771. The summed E-state index contributed by atoms with van der Waals surface area (Å²) >= 11 is 0. The maximum Gasteiger partial charge on any atom is 0.212 e. The van der Waals surface area contributed by atoms with E-state index < -0.39 is 6.04 Å². The second kappa shape index (κ2) is 3.69. The first-order valence-electron chi connectivity index (χ1n) is 3.43. The van der Waals surface area contributed by atoms with Crippen LogP contribution in [-0.2, 0) is 0 Å². The highest BCUT2D eigenvalue weighted by molar-refractivity contribution is 5.23. The van der Waals surface area contributed by atoms with Crippen molar-refractivity contribution in [3.63, 3.8) is 0 Å². The molecule has 1 unspecified atom stereocenters. The Bertz CT molecular complexity index is 288. The second-order valence-electron chi connectivity index (χ2n) is 2.24. The minimum atomic E-state index is -0.608. The number of pyridine rings is 1. The molecular formula is C8H9N3O. The van der Waals surface area contributed by atoms with Crippen LogP contribution in [0.3, 0.4) is 0 Å². The fraction of sp³-hybridized carbons (Fsp3) is 0.250. The molecular weight excluding hydrogens is 154 g/mol. The Balaban J connectivity index is 2.86. The summed E-state index contributed by atoms with van der Waals surface area (Å²) < 4.78 is 4.85. The normalized spacial score (nSPS) is 11.8. The summed E-state index contributed by atoms with van der Waals surface area (Å²) in [6.07, 6.45) is 1.53. The minimum absolute atomic E-state index is 0.517. The van der Waals surface area contributed by atoms with Gasteiger partial charge in [0.1, 0.15) is 6.04 Å². The predicted octanol–water partition coefficient (Wildman–Crippen LogP) is 0.614. The Hall–Kier alpha value is -1.60. The number of nitriles is 1. The van der Waals surface area contributed by atoms with Crippen LogP contribution in [-0.4, -0.2) is 12.1 Å². The Morgan fingerprint density at radius 1 is 1.67 bits per heavy atom. The molecule has 12 heavy (non-hydrogen) atoms. The molecule has 2 N–H and O–H groups in total. The van der Waals surface area contributed by atoms with Crippen LogP contribution >= 0.6 is 0 Å². The van der Waals surface area contributed by atoms with Gasteiger partial charge < -0.3 is 10.5 Å². The Morgan fingerprint density at radius 2 is 2.42 bits per heavy atom. The molecule has 0 spiro atoms. The van der Waals surface area contributed by atoms with E-state index in [-0.39, 0.29) is 0 Å². The van der Waals surface area contributed by atoms with Gasteiger partial charge in [0.25, 0.3) is 0 Å². The summed E-state index contributed by atoms with van der Waals surface area (Å²) in [5.74, 6) is 0.517. The average Bonchev–Trinajstić information content (AvgIpc) is 2.17. The number of hydrogen-bond acceptors (Lipinski definition) is 4. The van der Waals surface area contributed by atoms with Crippen LogP contribution in [0.4, 0.5) is 0 Å². The Kier molecular flexibility index (Phi) is 2.62. The smallest absolute Gasteiger partial charge is 0.212 e. The van der Waals surface area contributed by atoms with Gasteiger partial charge >= 0.3 is 0 Å². The average molecular weight is 163 g/mol. The van der Waals surface area contributed by atoms with E-state index in [0.717, 1.165) is 0 Å². The van der Waals surface area contributed by atoms with Crippen molar-refractivity contribution in [2.75, 3.05) is 7.11 Å². The van der Waals surface area contributed by atoms with Crippen LogP contribution in [0.25, 0.3) is 0 Å². The van der Waals surface area contributed by atoms with Crippen molar-refractivity contribution in [3.8, 4) is 11.9 Å². The molecule has 1 rings (SSSR count). The Morgan fingerprint density at radius 3 is 2.83 bits per heavy atom. The Labute approximate surface area is 70.6 Å². The van der Waals surface area contributed by atoms with Crippen LogP contribution in [0.15, 0.2) is 18.3 Å². The molecule has 0 aromatic carbocycles. The molecule has 1 aromatic rings. The molecule has 0 aliphatic heterocycles. The van der Waals surface area contributed by atoms with Gasteiger partial charge in [0.05, 0.1) is 13.2 Å². The van der Waals surface area contributed by atoms with Gasteiger partial charge in [0.15, 0.2) is 0 Å². The third-order valence-corrected chi connectivity index (χ3v) is 1.47. The molecule has 0 saturated carbocycles. The number of nitrogens with zero attached hydrogens (tertiary/aromatic N) is 2. The van der Waals surface area contributed by atoms with E-state index in [1.807, 2.05) is 6.07 Å². The van der Waals surface area contributed by atoms with Crippen molar-refractivity contribution in [1.29, 1.82) is 5.26 Å². The summed E-state index contributed by atoms with van der Waals surface area (Å²) in [5, 5.41) is 8.48. The summed E-state index contributed by atoms with van der Waals surface area (Å²) in [5.41, 5.74) is 6.14. The quantitative estimate of drug-likeness (QED) is 0.693. The number of hydrogen-bond donors (Lipinski definition) is 1. The fourth-order valence-corrected chi connectivity index (χ4v) is 0.771. The highest BCUT2D eigenvalue weighted by atomic mass is 16.5. The molecule has 0 fully saturated rings. The van der Waals surface area contributed by atoms with Crippen molar-refractivity contribution in [2.45, 2.75) is 6.04 Å². The summed E-state index contributed by atoms with van der Waals surface area (Å²) in [6, 6.07) is 4.70. The van der Waals surface area contributed by atoms with Gasteiger partial charge in [-0.05, 0) is 6.07 Å². The number of rotatable bonds is 2. The lowest BCUT2D eigenvalue weighted by Crippen LogP contribution is -2.07. The third kappa shape index (κ3) is 1.71. The maximum atomic E-state index is 8.48. The minimum Gasteiger partial charge on any atom is -0.481 e. The van der Waals surface area contributed by atoms with E-state index in [1.54, 1.807) is 12.1 Å². The van der Waals surface area contributed by atoms with Crippen LogP contribution in [0.2, 0.25) is 0 Å². The molecule has 4 nitrogen and oxygen atoms in total. The largest absolute Gasteiger partial charge is 0.481 e. The van der Waals surface area contributed by atoms with Gasteiger partial charge in [0, 0.05) is 17.8 Å². The first-order chi connectivity index (χ1) is 5.77. The van der Waals surface area contributed by atoms with E-state index in [4.69, 9.17) is 15.7 Å². The molecule has 1 heterocycles.